The zero-order chi connectivity index (χ0) is 28.5. The maximum Gasteiger partial charge on any atom is 0.251 e. The Morgan fingerprint density at radius 3 is 2.36 bits per heavy atom. The van der Waals surface area contributed by atoms with Crippen molar-refractivity contribution in [3.05, 3.63) is 84.0 Å². The Morgan fingerprint density at radius 1 is 1.03 bits per heavy atom. The molecule has 0 radical (unpaired) electrons. The first-order chi connectivity index (χ1) is 18.5. The first-order valence-electron chi connectivity index (χ1n) is 12.7. The van der Waals surface area contributed by atoms with Gasteiger partial charge in [-0.1, -0.05) is 60.7 Å². The summed E-state index contributed by atoms with van der Waals surface area (Å²) in [4.78, 5) is 38.0. The lowest BCUT2D eigenvalue weighted by molar-refractivity contribution is -0.131. The number of nitrogens with one attached hydrogen (secondary N) is 3. The van der Waals surface area contributed by atoms with Crippen molar-refractivity contribution in [2.75, 3.05) is 0 Å². The Kier molecular flexibility index (Phi) is 10.2. The van der Waals surface area contributed by atoms with Crippen LogP contribution in [0, 0.1) is 0 Å². The lowest BCUT2D eigenvalue weighted by Crippen LogP contribution is -2.59. The number of sulfonamides is 1. The number of nitrogens with two attached hydrogens (primary N) is 2. The van der Waals surface area contributed by atoms with Crippen molar-refractivity contribution in [1.29, 1.82) is 0 Å². The average Bonchev–Trinajstić information content (AvgIpc) is 2.90. The van der Waals surface area contributed by atoms with Crippen LogP contribution in [0.5, 0.6) is 0 Å². The van der Waals surface area contributed by atoms with Gasteiger partial charge in [-0.25, -0.2) is 13.6 Å². The van der Waals surface area contributed by atoms with E-state index >= 15 is 0 Å². The van der Waals surface area contributed by atoms with Crippen molar-refractivity contribution in [2.24, 2.45) is 10.9 Å². The van der Waals surface area contributed by atoms with Crippen LogP contribution in [-0.2, 0) is 31.0 Å². The number of primary sulfonamides is 1. The molecular weight excluding hydrogens is 518 g/mol. The van der Waals surface area contributed by atoms with Gasteiger partial charge in [0.1, 0.15) is 5.54 Å². The summed E-state index contributed by atoms with van der Waals surface area (Å²) >= 11 is 0. The third kappa shape index (κ3) is 8.34. The van der Waals surface area contributed by atoms with Crippen LogP contribution in [0.1, 0.15) is 50.2 Å². The topological polar surface area (TPSA) is 173 Å². The molecule has 1 aliphatic rings. The van der Waals surface area contributed by atoms with Crippen LogP contribution in [0.2, 0.25) is 0 Å². The van der Waals surface area contributed by atoms with E-state index in [0.29, 0.717) is 30.4 Å². The van der Waals surface area contributed by atoms with Gasteiger partial charge >= 0.3 is 0 Å². The highest BCUT2D eigenvalue weighted by molar-refractivity contribution is 7.89. The van der Waals surface area contributed by atoms with Crippen molar-refractivity contribution in [1.82, 2.24) is 16.0 Å². The fourth-order valence-electron chi connectivity index (χ4n) is 4.43. The van der Waals surface area contributed by atoms with E-state index in [4.69, 9.17) is 10.9 Å². The summed E-state index contributed by atoms with van der Waals surface area (Å²) in [6.07, 6.45) is 7.17. The van der Waals surface area contributed by atoms with E-state index in [-0.39, 0.29) is 36.1 Å². The molecule has 7 N–H and O–H groups in total. The van der Waals surface area contributed by atoms with Crippen LogP contribution in [0.3, 0.4) is 0 Å². The number of amides is 3. The van der Waals surface area contributed by atoms with Crippen molar-refractivity contribution >= 4 is 33.3 Å². The van der Waals surface area contributed by atoms with E-state index < -0.39 is 27.6 Å². The van der Waals surface area contributed by atoms with Crippen molar-refractivity contribution in [3.8, 4) is 0 Å². The van der Waals surface area contributed by atoms with Gasteiger partial charge in [-0.3, -0.25) is 14.4 Å². The van der Waals surface area contributed by atoms with Crippen LogP contribution < -0.4 is 26.8 Å². The summed E-state index contributed by atoms with van der Waals surface area (Å²) in [7, 11) is -3.82. The van der Waals surface area contributed by atoms with Crippen molar-refractivity contribution < 1.29 is 22.8 Å². The largest absolute Gasteiger partial charge is 0.350 e. The first kappa shape index (κ1) is 29.8. The van der Waals surface area contributed by atoms with E-state index in [2.05, 4.69) is 16.0 Å². The van der Waals surface area contributed by atoms with Gasteiger partial charge in [-0.15, -0.1) is 0 Å². The quantitative estimate of drug-likeness (QED) is 0.198. The summed E-state index contributed by atoms with van der Waals surface area (Å²) in [5.41, 5.74) is 6.65. The number of hydrogen-bond donors (Lipinski definition) is 5. The molecule has 0 fully saturated rings. The molecule has 1 aliphatic carbocycles. The minimum absolute atomic E-state index is 0.0222. The molecule has 1 unspecified atom stereocenters. The molecule has 2 atom stereocenters. The molecular formula is C28H35N5O5S. The van der Waals surface area contributed by atoms with Crippen LogP contribution in [-0.4, -0.2) is 37.8 Å². The van der Waals surface area contributed by atoms with Gasteiger partial charge in [0, 0.05) is 26.3 Å². The Bertz CT molecular complexity index is 1340. The molecule has 208 valence electrons. The maximum atomic E-state index is 13.8. The average molecular weight is 554 g/mol. The predicted octanol–water partition coefficient (Wildman–Crippen LogP) is 1.83. The van der Waals surface area contributed by atoms with Gasteiger partial charge in [0.2, 0.25) is 21.8 Å². The van der Waals surface area contributed by atoms with Crippen LogP contribution in [0.15, 0.2) is 77.7 Å². The molecule has 2 aromatic carbocycles. The number of carbonyl (C=O) groups is 3. The van der Waals surface area contributed by atoms with Gasteiger partial charge in [-0.05, 0) is 48.1 Å². The SMILES string of the molecule is CC(=O)NC(N)CCCCC(=O)N[C@@]1(C(=O)NCc2ccc(S(N)(=O)=O)cc2)CC=CC=C1c1ccccc1. The van der Waals surface area contributed by atoms with E-state index in [1.54, 1.807) is 12.1 Å². The molecule has 3 rings (SSSR count). The smallest absolute Gasteiger partial charge is 0.251 e. The number of hydrogen-bond acceptors (Lipinski definition) is 6. The summed E-state index contributed by atoms with van der Waals surface area (Å²) in [5, 5.41) is 13.7. The van der Waals surface area contributed by atoms with Gasteiger partial charge in [0.05, 0.1) is 11.1 Å². The number of rotatable bonds is 12. The third-order valence-electron chi connectivity index (χ3n) is 6.37. The minimum atomic E-state index is -3.82. The highest BCUT2D eigenvalue weighted by atomic mass is 32.2. The van der Waals surface area contributed by atoms with Crippen LogP contribution in [0.4, 0.5) is 0 Å². The summed E-state index contributed by atoms with van der Waals surface area (Å²) < 4.78 is 23.1. The van der Waals surface area contributed by atoms with Gasteiger partial charge < -0.3 is 21.7 Å². The predicted molar refractivity (Wildman–Crippen MR) is 149 cm³/mol. The fraction of sp³-hybridized carbons (Fsp3) is 0.321. The molecule has 0 aromatic heterocycles. The summed E-state index contributed by atoms with van der Waals surface area (Å²) in [6.45, 7) is 1.52. The Labute approximate surface area is 229 Å². The number of allylic oxidation sites excluding steroid dienone is 2. The van der Waals surface area contributed by atoms with E-state index in [1.807, 2.05) is 48.6 Å². The monoisotopic (exact) mass is 553 g/mol. The molecule has 3 amide bonds. The zero-order valence-corrected chi connectivity index (χ0v) is 22.7. The van der Waals surface area contributed by atoms with Crippen molar-refractivity contribution in [3.63, 3.8) is 0 Å². The number of carbonyl (C=O) groups excluding carboxylic acids is 3. The molecule has 2 aromatic rings. The Balaban J connectivity index is 1.76. The number of benzene rings is 2. The number of unbranched alkanes of at least 4 members (excludes halogenated alkanes) is 1. The second-order valence-electron chi connectivity index (χ2n) is 9.46. The normalized spacial score (nSPS) is 17.6. The van der Waals surface area contributed by atoms with Crippen molar-refractivity contribution in [2.45, 2.75) is 62.2 Å². The lowest BCUT2D eigenvalue weighted by atomic mass is 9.78. The fourth-order valence-corrected chi connectivity index (χ4v) is 4.94. The Hall–Kier alpha value is -3.80. The van der Waals surface area contributed by atoms with Gasteiger partial charge in [0.15, 0.2) is 0 Å². The lowest BCUT2D eigenvalue weighted by Gasteiger charge is -2.37. The maximum absolute atomic E-state index is 13.8. The summed E-state index contributed by atoms with van der Waals surface area (Å²) in [6, 6.07) is 15.3. The van der Waals surface area contributed by atoms with E-state index in [0.717, 1.165) is 5.56 Å². The van der Waals surface area contributed by atoms with E-state index in [1.165, 1.54) is 19.1 Å². The zero-order valence-electron chi connectivity index (χ0n) is 21.9. The third-order valence-corrected chi connectivity index (χ3v) is 7.30. The standard InChI is InChI=1S/C28H35N5O5S/c1-20(34)32-25(29)12-5-6-13-26(35)33-28(18-8-7-11-24(28)22-9-3-2-4-10-22)27(36)31-19-21-14-16-23(17-15-21)39(30,37)38/h2-4,7-11,14-17,25H,5-6,12-13,18-19,29H2,1H3,(H,31,36)(H,32,34)(H,33,35)(H2,30,37,38)/t25?,28-/m0/s1. The van der Waals surface area contributed by atoms with Crippen LogP contribution in [0.25, 0.3) is 5.57 Å². The molecule has 0 heterocycles. The molecule has 11 heteroatoms. The van der Waals surface area contributed by atoms with Gasteiger partial charge in [-0.2, -0.15) is 0 Å². The molecule has 0 saturated carbocycles. The van der Waals surface area contributed by atoms with Gasteiger partial charge in [0.25, 0.3) is 5.91 Å². The van der Waals surface area contributed by atoms with E-state index in [9.17, 15) is 22.8 Å². The molecule has 0 saturated heterocycles. The highest BCUT2D eigenvalue weighted by Crippen LogP contribution is 2.34. The molecule has 39 heavy (non-hydrogen) atoms. The second kappa shape index (κ2) is 13.3. The minimum Gasteiger partial charge on any atom is -0.350 e. The van der Waals surface area contributed by atoms with Crippen LogP contribution >= 0.6 is 0 Å². The Morgan fingerprint density at radius 2 is 1.72 bits per heavy atom. The molecule has 0 aliphatic heterocycles. The summed E-state index contributed by atoms with van der Waals surface area (Å²) in [5.74, 6) is -0.884. The highest BCUT2D eigenvalue weighted by Gasteiger charge is 2.43. The molecule has 10 nitrogen and oxygen atoms in total. The molecule has 0 spiro atoms. The molecule has 0 bridgehead atoms. The second-order valence-corrected chi connectivity index (χ2v) is 11.0. The first-order valence-corrected chi connectivity index (χ1v) is 14.2.